The molecule has 0 saturated carbocycles. The summed E-state index contributed by atoms with van der Waals surface area (Å²) in [6, 6.07) is 40.2. The van der Waals surface area contributed by atoms with Gasteiger partial charge in [-0.1, -0.05) is 127 Å². The monoisotopic (exact) mass is 548 g/mol. The molecule has 5 rings (SSSR count). The first kappa shape index (κ1) is 28.8. The van der Waals surface area contributed by atoms with Crippen LogP contribution in [0, 0.1) is 12.3 Å². The molecule has 5 nitrogen and oxygen atoms in total. The van der Waals surface area contributed by atoms with E-state index in [1.165, 1.54) is 0 Å². The molecular weight excluding hydrogens is 512 g/mol. The van der Waals surface area contributed by atoms with Crippen molar-refractivity contribution in [2.24, 2.45) is 0 Å². The summed E-state index contributed by atoms with van der Waals surface area (Å²) in [5.74, 6) is 2.81. The number of terminal acetylenes is 1. The summed E-state index contributed by atoms with van der Waals surface area (Å²) < 4.78 is 32.3. The first-order chi connectivity index (χ1) is 20.3. The molecule has 0 amide bonds. The van der Waals surface area contributed by atoms with E-state index in [0.29, 0.717) is 33.0 Å². The predicted molar refractivity (Wildman–Crippen MR) is 159 cm³/mol. The lowest BCUT2D eigenvalue weighted by molar-refractivity contribution is -0.261. The van der Waals surface area contributed by atoms with Crippen LogP contribution in [0.2, 0.25) is 0 Å². The molecule has 1 saturated heterocycles. The zero-order valence-corrected chi connectivity index (χ0v) is 23.1. The van der Waals surface area contributed by atoms with Crippen LogP contribution < -0.4 is 0 Å². The topological polar surface area (TPSA) is 46.2 Å². The summed E-state index contributed by atoms with van der Waals surface area (Å²) in [6.45, 7) is 1.90. The van der Waals surface area contributed by atoms with Crippen LogP contribution in [0.5, 0.6) is 0 Å². The lowest BCUT2D eigenvalue weighted by Gasteiger charge is -2.44. The van der Waals surface area contributed by atoms with E-state index in [1.54, 1.807) is 0 Å². The maximum atomic E-state index is 6.62. The van der Waals surface area contributed by atoms with Gasteiger partial charge in [0.15, 0.2) is 0 Å². The molecule has 5 heteroatoms. The van der Waals surface area contributed by atoms with E-state index < -0.39 is 30.5 Å². The highest BCUT2D eigenvalue weighted by Gasteiger charge is 2.48. The maximum Gasteiger partial charge on any atom is 0.147 e. The Morgan fingerprint density at radius 3 is 1.34 bits per heavy atom. The molecule has 1 aliphatic heterocycles. The Labute approximate surface area is 243 Å². The molecule has 0 aliphatic carbocycles. The third-order valence-electron chi connectivity index (χ3n) is 7.05. The maximum absolute atomic E-state index is 6.62. The number of hydrogen-bond acceptors (Lipinski definition) is 5. The van der Waals surface area contributed by atoms with Gasteiger partial charge in [-0.15, -0.1) is 6.42 Å². The summed E-state index contributed by atoms with van der Waals surface area (Å²) in [4.78, 5) is 0. The van der Waals surface area contributed by atoms with Crippen LogP contribution in [0.3, 0.4) is 0 Å². The zero-order chi connectivity index (χ0) is 28.1. The molecule has 0 spiro atoms. The van der Waals surface area contributed by atoms with Gasteiger partial charge in [-0.05, 0) is 22.3 Å². The van der Waals surface area contributed by atoms with Gasteiger partial charge in [0.05, 0.1) is 33.0 Å². The van der Waals surface area contributed by atoms with Crippen LogP contribution >= 0.6 is 0 Å². The average molecular weight is 549 g/mol. The fourth-order valence-corrected chi connectivity index (χ4v) is 4.92. The van der Waals surface area contributed by atoms with Crippen molar-refractivity contribution in [2.75, 3.05) is 6.61 Å². The zero-order valence-electron chi connectivity index (χ0n) is 23.1. The fourth-order valence-electron chi connectivity index (χ4n) is 4.92. The molecular formula is C36H36O5. The van der Waals surface area contributed by atoms with E-state index in [9.17, 15) is 0 Å². The Morgan fingerprint density at radius 1 is 0.512 bits per heavy atom. The number of rotatable bonds is 13. The van der Waals surface area contributed by atoms with Crippen LogP contribution in [0.4, 0.5) is 0 Å². The Balaban J connectivity index is 1.39. The van der Waals surface area contributed by atoms with Crippen LogP contribution in [-0.4, -0.2) is 37.1 Å². The lowest BCUT2D eigenvalue weighted by Crippen LogP contribution is -2.60. The minimum atomic E-state index is -0.638. The molecule has 0 aromatic heterocycles. The second-order valence-electron chi connectivity index (χ2n) is 10.0. The number of hydrogen-bond donors (Lipinski definition) is 0. The van der Waals surface area contributed by atoms with Gasteiger partial charge >= 0.3 is 0 Å². The molecule has 4 aromatic carbocycles. The molecule has 1 fully saturated rings. The molecule has 210 valence electrons. The lowest BCUT2D eigenvalue weighted by atomic mass is 9.94. The molecule has 1 unspecified atom stereocenters. The van der Waals surface area contributed by atoms with Crippen LogP contribution in [-0.2, 0) is 50.1 Å². The van der Waals surface area contributed by atoms with Crippen molar-refractivity contribution in [3.8, 4) is 12.3 Å². The van der Waals surface area contributed by atoms with Crippen molar-refractivity contribution < 1.29 is 23.7 Å². The van der Waals surface area contributed by atoms with Gasteiger partial charge in [0.1, 0.15) is 30.5 Å². The molecule has 1 aliphatic rings. The first-order valence-corrected chi connectivity index (χ1v) is 14.0. The molecule has 0 bridgehead atoms. The van der Waals surface area contributed by atoms with E-state index in [4.69, 9.17) is 30.1 Å². The van der Waals surface area contributed by atoms with Crippen molar-refractivity contribution in [3.05, 3.63) is 144 Å². The Kier molecular flexibility index (Phi) is 10.7. The minimum Gasteiger partial charge on any atom is -0.374 e. The van der Waals surface area contributed by atoms with Crippen molar-refractivity contribution >= 4 is 0 Å². The average Bonchev–Trinajstić information content (AvgIpc) is 3.04. The van der Waals surface area contributed by atoms with E-state index >= 15 is 0 Å². The molecule has 4 aromatic rings. The Hall–Kier alpha value is -3.76. The first-order valence-electron chi connectivity index (χ1n) is 14.0. The van der Waals surface area contributed by atoms with Gasteiger partial charge in [0.25, 0.3) is 0 Å². The van der Waals surface area contributed by atoms with Gasteiger partial charge in [-0.3, -0.25) is 0 Å². The summed E-state index contributed by atoms with van der Waals surface area (Å²) >= 11 is 0. The normalized spacial score (nSPS) is 22.2. The van der Waals surface area contributed by atoms with Crippen LogP contribution in [0.1, 0.15) is 22.3 Å². The van der Waals surface area contributed by atoms with Crippen molar-refractivity contribution in [1.29, 1.82) is 0 Å². The largest absolute Gasteiger partial charge is 0.374 e. The van der Waals surface area contributed by atoms with Gasteiger partial charge in [-0.25, -0.2) is 0 Å². The Morgan fingerprint density at radius 2 is 0.902 bits per heavy atom. The summed E-state index contributed by atoms with van der Waals surface area (Å²) in [5.41, 5.74) is 4.23. The molecule has 0 radical (unpaired) electrons. The van der Waals surface area contributed by atoms with Gasteiger partial charge in [0, 0.05) is 0 Å². The van der Waals surface area contributed by atoms with E-state index in [-0.39, 0.29) is 0 Å². The minimum absolute atomic E-state index is 0.295. The van der Waals surface area contributed by atoms with E-state index in [2.05, 4.69) is 5.92 Å². The third-order valence-corrected chi connectivity index (χ3v) is 7.05. The van der Waals surface area contributed by atoms with Gasteiger partial charge < -0.3 is 23.7 Å². The van der Waals surface area contributed by atoms with Gasteiger partial charge in [-0.2, -0.15) is 0 Å². The predicted octanol–water partition coefficient (Wildman–Crippen LogP) is 6.36. The SMILES string of the molecule is C#C[C@H]1OC(COCc2ccccc2)[C@@H](OCc2ccccc2)[C@H](OCc2ccccc2)[C@@H]1OCc1ccccc1. The standard InChI is InChI=1S/C36H36O5/c1-2-32-34(38-24-29-17-9-4-10-18-29)36(40-26-31-21-13-6-14-22-31)35(39-25-30-19-11-5-12-20-30)33(41-32)27-37-23-28-15-7-3-8-16-28/h1,3-22,32-36H,23-27H2/t32-,33?,34-,35-,36-/m1/s1. The van der Waals surface area contributed by atoms with Crippen molar-refractivity contribution in [3.63, 3.8) is 0 Å². The Bertz CT molecular complexity index is 1320. The highest BCUT2D eigenvalue weighted by Crippen LogP contribution is 2.31. The summed E-state index contributed by atoms with van der Waals surface area (Å²) in [6.07, 6.45) is 3.41. The number of ether oxygens (including phenoxy) is 5. The molecule has 0 N–H and O–H groups in total. The highest BCUT2D eigenvalue weighted by atomic mass is 16.6. The van der Waals surface area contributed by atoms with Crippen molar-refractivity contribution in [2.45, 2.75) is 56.9 Å². The highest BCUT2D eigenvalue weighted by molar-refractivity contribution is 5.17. The van der Waals surface area contributed by atoms with Crippen LogP contribution in [0.25, 0.3) is 0 Å². The summed E-state index contributed by atoms with van der Waals surface area (Å²) in [5, 5.41) is 0. The third kappa shape index (κ3) is 8.37. The van der Waals surface area contributed by atoms with Gasteiger partial charge in [0.2, 0.25) is 0 Å². The smallest absolute Gasteiger partial charge is 0.147 e. The molecule has 41 heavy (non-hydrogen) atoms. The van der Waals surface area contributed by atoms with Crippen LogP contribution in [0.15, 0.2) is 121 Å². The molecule has 1 heterocycles. The second-order valence-corrected chi connectivity index (χ2v) is 10.0. The summed E-state index contributed by atoms with van der Waals surface area (Å²) in [7, 11) is 0. The quantitative estimate of drug-likeness (QED) is 0.182. The number of benzene rings is 4. The second kappa shape index (κ2) is 15.3. The molecule has 5 atom stereocenters. The van der Waals surface area contributed by atoms with Crippen molar-refractivity contribution in [1.82, 2.24) is 0 Å². The van der Waals surface area contributed by atoms with E-state index in [1.807, 2.05) is 121 Å². The fraction of sp³-hybridized carbons (Fsp3) is 0.278. The van der Waals surface area contributed by atoms with E-state index in [0.717, 1.165) is 22.3 Å².